The fourth-order valence-electron chi connectivity index (χ4n) is 2.79. The van der Waals surface area contributed by atoms with Crippen LogP contribution in [0.3, 0.4) is 0 Å². The van der Waals surface area contributed by atoms with Gasteiger partial charge < -0.3 is 11.5 Å². The molecular weight excluding hydrogens is 299 g/mol. The highest BCUT2D eigenvalue weighted by atomic mass is 31.1. The summed E-state index contributed by atoms with van der Waals surface area (Å²) in [7, 11) is -0.659. The number of hydrogen-bond donors (Lipinski definition) is 2. The van der Waals surface area contributed by atoms with E-state index in [-0.39, 0.29) is 0 Å². The summed E-state index contributed by atoms with van der Waals surface area (Å²) in [6, 6.07) is 27.6. The van der Waals surface area contributed by atoms with Gasteiger partial charge in [0.1, 0.15) is 0 Å². The molecule has 3 aromatic carbocycles. The molecule has 0 unspecified atom stereocenters. The largest absolute Gasteiger partial charge is 0.326 e. The van der Waals surface area contributed by atoms with Crippen LogP contribution in [0.4, 0.5) is 0 Å². The Hall–Kier alpha value is -1.99. The normalized spacial score (nSPS) is 10.9. The molecule has 3 aromatic rings. The van der Waals surface area contributed by atoms with Gasteiger partial charge in [0.2, 0.25) is 0 Å². The first kappa shape index (κ1) is 15.9. The zero-order valence-electron chi connectivity index (χ0n) is 13.0. The minimum atomic E-state index is -0.659. The summed E-state index contributed by atoms with van der Waals surface area (Å²) in [4.78, 5) is 0. The Morgan fingerprint density at radius 1 is 0.565 bits per heavy atom. The minimum absolute atomic E-state index is 0.548. The molecule has 0 aliphatic carbocycles. The zero-order chi connectivity index (χ0) is 16.1. The molecule has 0 aliphatic heterocycles. The van der Waals surface area contributed by atoms with E-state index < -0.39 is 7.92 Å². The SMILES string of the molecule is NCc1ccccc1P(c1ccccc1)c1ccccc1CN. The molecule has 0 saturated carbocycles. The number of nitrogens with two attached hydrogens (primary N) is 2. The maximum Gasteiger partial charge on any atom is 0.0184 e. The molecule has 0 atom stereocenters. The fraction of sp³-hybridized carbons (Fsp3) is 0.100. The summed E-state index contributed by atoms with van der Waals surface area (Å²) in [5, 5.41) is 3.96. The molecule has 23 heavy (non-hydrogen) atoms. The molecule has 0 aliphatic rings. The molecule has 2 nitrogen and oxygen atoms in total. The lowest BCUT2D eigenvalue weighted by atomic mass is 10.2. The number of rotatable bonds is 5. The minimum Gasteiger partial charge on any atom is -0.326 e. The Morgan fingerprint density at radius 3 is 1.48 bits per heavy atom. The highest BCUT2D eigenvalue weighted by molar-refractivity contribution is 7.80. The average Bonchev–Trinajstić information content (AvgIpc) is 2.64. The third kappa shape index (κ3) is 3.35. The smallest absolute Gasteiger partial charge is 0.0184 e. The van der Waals surface area contributed by atoms with Crippen LogP contribution in [0.5, 0.6) is 0 Å². The second-order valence-electron chi connectivity index (χ2n) is 5.34. The van der Waals surface area contributed by atoms with Crippen LogP contribution in [0.15, 0.2) is 78.9 Å². The standard InChI is InChI=1S/C20H21N2P/c21-14-16-8-4-6-12-19(16)23(18-10-2-1-3-11-18)20-13-7-5-9-17(20)15-22/h1-13H,14-15,21-22H2. The number of hydrogen-bond acceptors (Lipinski definition) is 2. The molecule has 3 heteroatoms. The van der Waals surface area contributed by atoms with Gasteiger partial charge in [-0.25, -0.2) is 0 Å². The third-order valence-corrected chi connectivity index (χ3v) is 6.57. The van der Waals surface area contributed by atoms with Crippen LogP contribution >= 0.6 is 7.92 Å². The van der Waals surface area contributed by atoms with Crippen molar-refractivity contribution in [3.8, 4) is 0 Å². The van der Waals surface area contributed by atoms with Gasteiger partial charge in [0.15, 0.2) is 0 Å². The Bertz CT molecular complexity index is 724. The van der Waals surface area contributed by atoms with Crippen molar-refractivity contribution in [1.82, 2.24) is 0 Å². The van der Waals surface area contributed by atoms with E-state index >= 15 is 0 Å². The maximum absolute atomic E-state index is 6.00. The monoisotopic (exact) mass is 320 g/mol. The fourth-order valence-corrected chi connectivity index (χ4v) is 5.45. The van der Waals surface area contributed by atoms with Crippen molar-refractivity contribution in [3.63, 3.8) is 0 Å². The topological polar surface area (TPSA) is 52.0 Å². The Labute approximate surface area is 138 Å². The van der Waals surface area contributed by atoms with Gasteiger partial charge in [0, 0.05) is 13.1 Å². The number of benzene rings is 3. The lowest BCUT2D eigenvalue weighted by molar-refractivity contribution is 1.08. The van der Waals surface area contributed by atoms with Crippen LogP contribution in [0, 0.1) is 0 Å². The van der Waals surface area contributed by atoms with Gasteiger partial charge in [0.05, 0.1) is 0 Å². The van der Waals surface area contributed by atoms with E-state index in [1.165, 1.54) is 27.0 Å². The molecule has 0 radical (unpaired) electrons. The van der Waals surface area contributed by atoms with Crippen LogP contribution < -0.4 is 27.4 Å². The summed E-state index contributed by atoms with van der Waals surface area (Å²) in [5.74, 6) is 0. The Balaban J connectivity index is 2.23. The highest BCUT2D eigenvalue weighted by Gasteiger charge is 2.20. The van der Waals surface area contributed by atoms with Crippen LogP contribution in [0.25, 0.3) is 0 Å². The second-order valence-corrected chi connectivity index (χ2v) is 7.49. The second kappa shape index (κ2) is 7.52. The Morgan fingerprint density at radius 2 is 1.00 bits per heavy atom. The van der Waals surface area contributed by atoms with E-state index in [4.69, 9.17) is 11.5 Å². The Kier molecular flexibility index (Phi) is 5.19. The van der Waals surface area contributed by atoms with Crippen LogP contribution in [0.1, 0.15) is 11.1 Å². The van der Waals surface area contributed by atoms with Gasteiger partial charge in [-0.1, -0.05) is 78.9 Å². The van der Waals surface area contributed by atoms with Crippen molar-refractivity contribution in [2.24, 2.45) is 11.5 Å². The molecule has 0 fully saturated rings. The van der Waals surface area contributed by atoms with E-state index in [0.717, 1.165) is 0 Å². The first-order chi connectivity index (χ1) is 11.3. The lowest BCUT2D eigenvalue weighted by Crippen LogP contribution is -2.27. The maximum atomic E-state index is 6.00. The molecule has 4 N–H and O–H groups in total. The summed E-state index contributed by atoms with van der Waals surface area (Å²) in [6.45, 7) is 1.10. The van der Waals surface area contributed by atoms with Gasteiger partial charge in [-0.2, -0.15) is 0 Å². The van der Waals surface area contributed by atoms with Gasteiger partial charge in [-0.15, -0.1) is 0 Å². The molecule has 0 heterocycles. The summed E-state index contributed by atoms with van der Waals surface area (Å²) in [5.41, 5.74) is 14.4. The molecule has 0 bridgehead atoms. The van der Waals surface area contributed by atoms with Crippen molar-refractivity contribution in [2.75, 3.05) is 0 Å². The molecular formula is C20H21N2P. The lowest BCUT2D eigenvalue weighted by Gasteiger charge is -2.24. The van der Waals surface area contributed by atoms with Crippen molar-refractivity contribution in [1.29, 1.82) is 0 Å². The van der Waals surface area contributed by atoms with Crippen molar-refractivity contribution in [3.05, 3.63) is 90.0 Å². The summed E-state index contributed by atoms with van der Waals surface area (Å²) >= 11 is 0. The van der Waals surface area contributed by atoms with Crippen molar-refractivity contribution < 1.29 is 0 Å². The first-order valence-corrected chi connectivity index (χ1v) is 9.10. The van der Waals surface area contributed by atoms with E-state index in [0.29, 0.717) is 13.1 Å². The first-order valence-electron chi connectivity index (χ1n) is 7.76. The van der Waals surface area contributed by atoms with Crippen LogP contribution in [0.2, 0.25) is 0 Å². The van der Waals surface area contributed by atoms with Crippen LogP contribution in [-0.2, 0) is 13.1 Å². The third-order valence-electron chi connectivity index (χ3n) is 3.92. The van der Waals surface area contributed by atoms with Crippen LogP contribution in [-0.4, -0.2) is 0 Å². The van der Waals surface area contributed by atoms with Crippen molar-refractivity contribution >= 4 is 23.8 Å². The van der Waals surface area contributed by atoms with E-state index in [1.807, 2.05) is 0 Å². The highest BCUT2D eigenvalue weighted by Crippen LogP contribution is 2.35. The predicted octanol–water partition coefficient (Wildman–Crippen LogP) is 2.36. The molecule has 0 saturated heterocycles. The van der Waals surface area contributed by atoms with Gasteiger partial charge in [0.25, 0.3) is 0 Å². The predicted molar refractivity (Wildman–Crippen MR) is 101 cm³/mol. The molecule has 3 rings (SSSR count). The molecule has 0 amide bonds. The van der Waals surface area contributed by atoms with E-state index in [2.05, 4.69) is 78.9 Å². The molecule has 0 spiro atoms. The summed E-state index contributed by atoms with van der Waals surface area (Å²) in [6.07, 6.45) is 0. The van der Waals surface area contributed by atoms with Gasteiger partial charge >= 0.3 is 0 Å². The molecule has 0 aromatic heterocycles. The van der Waals surface area contributed by atoms with Gasteiger partial charge in [-0.3, -0.25) is 0 Å². The van der Waals surface area contributed by atoms with E-state index in [9.17, 15) is 0 Å². The zero-order valence-corrected chi connectivity index (χ0v) is 13.9. The quantitative estimate of drug-likeness (QED) is 0.709. The average molecular weight is 320 g/mol. The van der Waals surface area contributed by atoms with Crippen molar-refractivity contribution in [2.45, 2.75) is 13.1 Å². The summed E-state index contributed by atoms with van der Waals surface area (Å²) < 4.78 is 0. The van der Waals surface area contributed by atoms with Gasteiger partial charge in [-0.05, 0) is 35.0 Å². The molecule has 116 valence electrons. The van der Waals surface area contributed by atoms with E-state index in [1.54, 1.807) is 0 Å².